The normalized spacial score (nSPS) is 15.9. The van der Waals surface area contributed by atoms with E-state index in [1.807, 2.05) is 31.2 Å². The van der Waals surface area contributed by atoms with E-state index in [0.29, 0.717) is 10.7 Å². The molecular weight excluding hydrogens is 338 g/mol. The summed E-state index contributed by atoms with van der Waals surface area (Å²) < 4.78 is 5.61. The van der Waals surface area contributed by atoms with Gasteiger partial charge in [0.2, 0.25) is 0 Å². The third kappa shape index (κ3) is 4.22. The van der Waals surface area contributed by atoms with E-state index in [2.05, 4.69) is 0 Å². The minimum absolute atomic E-state index is 0.151. The van der Waals surface area contributed by atoms with Crippen molar-refractivity contribution in [1.82, 2.24) is 4.90 Å². The molecule has 0 radical (unpaired) electrons. The number of phenols is 1. The summed E-state index contributed by atoms with van der Waals surface area (Å²) in [7, 11) is 0. The Balaban J connectivity index is 1.62. The molecule has 0 aromatic heterocycles. The highest BCUT2D eigenvalue weighted by Crippen LogP contribution is 2.32. The van der Waals surface area contributed by atoms with Crippen molar-refractivity contribution in [3.05, 3.63) is 64.6 Å². The van der Waals surface area contributed by atoms with E-state index in [1.54, 1.807) is 18.2 Å². The maximum atomic E-state index is 12.4. The van der Waals surface area contributed by atoms with Crippen molar-refractivity contribution < 1.29 is 19.4 Å². The van der Waals surface area contributed by atoms with Gasteiger partial charge >= 0.3 is 0 Å². The number of ether oxygens (including phenoxy) is 1. The maximum Gasteiger partial charge on any atom is 0.293 e. The largest absolute Gasteiger partial charge is 0.508 e. The summed E-state index contributed by atoms with van der Waals surface area (Å²) in [6, 6.07) is 14.0. The molecule has 1 aliphatic heterocycles. The molecule has 1 heterocycles. The van der Waals surface area contributed by atoms with Gasteiger partial charge in [-0.25, -0.2) is 0 Å². The van der Waals surface area contributed by atoms with Crippen molar-refractivity contribution in [2.75, 3.05) is 13.2 Å². The van der Waals surface area contributed by atoms with Crippen LogP contribution >= 0.6 is 11.8 Å². The van der Waals surface area contributed by atoms with Gasteiger partial charge in [-0.05, 0) is 60.2 Å². The van der Waals surface area contributed by atoms with Gasteiger partial charge in [-0.1, -0.05) is 24.3 Å². The fourth-order valence-electron chi connectivity index (χ4n) is 2.37. The topological polar surface area (TPSA) is 66.8 Å². The average molecular weight is 355 g/mol. The predicted molar refractivity (Wildman–Crippen MR) is 97.5 cm³/mol. The first-order valence-corrected chi connectivity index (χ1v) is 8.58. The predicted octanol–water partition coefficient (Wildman–Crippen LogP) is 3.82. The molecule has 128 valence electrons. The van der Waals surface area contributed by atoms with Crippen molar-refractivity contribution in [3.8, 4) is 11.5 Å². The Morgan fingerprint density at radius 3 is 2.64 bits per heavy atom. The van der Waals surface area contributed by atoms with E-state index in [9.17, 15) is 14.7 Å². The third-order valence-corrected chi connectivity index (χ3v) is 4.54. The first kappa shape index (κ1) is 17.1. The lowest BCUT2D eigenvalue weighted by molar-refractivity contribution is -0.123. The molecule has 0 unspecified atom stereocenters. The average Bonchev–Trinajstić information content (AvgIpc) is 2.84. The second-order valence-corrected chi connectivity index (χ2v) is 6.58. The second kappa shape index (κ2) is 7.44. The molecular formula is C19H17NO4S. The molecule has 0 spiro atoms. The van der Waals surface area contributed by atoms with Crippen LogP contribution in [-0.4, -0.2) is 34.3 Å². The molecule has 1 aliphatic rings. The molecule has 0 saturated carbocycles. The Hall–Kier alpha value is -2.73. The van der Waals surface area contributed by atoms with Crippen molar-refractivity contribution in [2.45, 2.75) is 6.92 Å². The highest BCUT2D eigenvalue weighted by Gasteiger charge is 2.34. The summed E-state index contributed by atoms with van der Waals surface area (Å²) in [5.74, 6) is 0.543. The zero-order chi connectivity index (χ0) is 17.8. The van der Waals surface area contributed by atoms with Crippen LogP contribution in [0.2, 0.25) is 0 Å². The van der Waals surface area contributed by atoms with E-state index in [0.717, 1.165) is 22.9 Å². The van der Waals surface area contributed by atoms with Crippen LogP contribution in [-0.2, 0) is 4.79 Å². The van der Waals surface area contributed by atoms with E-state index < -0.39 is 0 Å². The van der Waals surface area contributed by atoms with Gasteiger partial charge in [-0.2, -0.15) is 0 Å². The molecule has 5 nitrogen and oxygen atoms in total. The maximum absolute atomic E-state index is 12.4. The number of amides is 2. The fourth-order valence-corrected chi connectivity index (χ4v) is 3.24. The first-order chi connectivity index (χ1) is 12.0. The quantitative estimate of drug-likeness (QED) is 0.826. The summed E-state index contributed by atoms with van der Waals surface area (Å²) in [6.07, 6.45) is 1.64. The third-order valence-electron chi connectivity index (χ3n) is 3.64. The number of carbonyl (C=O) groups excluding carboxylic acids is 2. The highest BCUT2D eigenvalue weighted by atomic mass is 32.2. The number of thioether (sulfide) groups is 1. The minimum atomic E-state index is -0.323. The first-order valence-electron chi connectivity index (χ1n) is 7.77. The summed E-state index contributed by atoms with van der Waals surface area (Å²) >= 11 is 0.910. The SMILES string of the molecule is Cc1cccc(OCCN2C(=O)S/C(=C\c3ccc(O)cc3)C2=O)c1. The van der Waals surface area contributed by atoms with Crippen molar-refractivity contribution >= 4 is 29.0 Å². The number of hydrogen-bond acceptors (Lipinski definition) is 5. The number of phenolic OH excluding ortho intramolecular Hbond substituents is 1. The standard InChI is InChI=1S/C19H17NO4S/c1-13-3-2-4-16(11-13)24-10-9-20-18(22)17(25-19(20)23)12-14-5-7-15(21)8-6-14/h2-8,11-12,21H,9-10H2,1H3/b17-12-. The zero-order valence-electron chi connectivity index (χ0n) is 13.6. The molecule has 2 aromatic carbocycles. The Morgan fingerprint density at radius 1 is 1.16 bits per heavy atom. The van der Waals surface area contributed by atoms with E-state index in [1.165, 1.54) is 17.0 Å². The number of nitrogens with zero attached hydrogens (tertiary/aromatic N) is 1. The minimum Gasteiger partial charge on any atom is -0.508 e. The lowest BCUT2D eigenvalue weighted by Gasteiger charge is -2.13. The van der Waals surface area contributed by atoms with Gasteiger partial charge in [0.05, 0.1) is 11.4 Å². The Labute approximate surface area is 149 Å². The van der Waals surface area contributed by atoms with Gasteiger partial charge in [-0.3, -0.25) is 14.5 Å². The lowest BCUT2D eigenvalue weighted by atomic mass is 10.2. The molecule has 1 fully saturated rings. The van der Waals surface area contributed by atoms with Crippen LogP contribution in [0.1, 0.15) is 11.1 Å². The molecule has 0 bridgehead atoms. The van der Waals surface area contributed by atoms with Crippen molar-refractivity contribution in [2.24, 2.45) is 0 Å². The van der Waals surface area contributed by atoms with E-state index in [-0.39, 0.29) is 30.0 Å². The number of aromatic hydroxyl groups is 1. The van der Waals surface area contributed by atoms with Gasteiger partial charge in [0.25, 0.3) is 11.1 Å². The highest BCUT2D eigenvalue weighted by molar-refractivity contribution is 8.18. The van der Waals surface area contributed by atoms with E-state index in [4.69, 9.17) is 4.74 Å². The van der Waals surface area contributed by atoms with Crippen LogP contribution in [0.25, 0.3) is 6.08 Å². The molecule has 0 atom stereocenters. The van der Waals surface area contributed by atoms with Gasteiger partial charge in [0.15, 0.2) is 0 Å². The summed E-state index contributed by atoms with van der Waals surface area (Å²) in [4.78, 5) is 26.0. The summed E-state index contributed by atoms with van der Waals surface area (Å²) in [5.41, 5.74) is 1.83. The van der Waals surface area contributed by atoms with Crippen LogP contribution in [0, 0.1) is 6.92 Å². The Morgan fingerprint density at radius 2 is 1.92 bits per heavy atom. The molecule has 0 aliphatic carbocycles. The number of aryl methyl sites for hydroxylation is 1. The molecule has 6 heteroatoms. The fraction of sp³-hybridized carbons (Fsp3) is 0.158. The molecule has 25 heavy (non-hydrogen) atoms. The second-order valence-electron chi connectivity index (χ2n) is 5.59. The van der Waals surface area contributed by atoms with Crippen LogP contribution in [0.3, 0.4) is 0 Å². The van der Waals surface area contributed by atoms with Crippen LogP contribution in [0.5, 0.6) is 11.5 Å². The summed E-state index contributed by atoms with van der Waals surface area (Å²) in [5, 5.41) is 8.99. The van der Waals surface area contributed by atoms with Crippen LogP contribution in [0.4, 0.5) is 4.79 Å². The monoisotopic (exact) mass is 355 g/mol. The summed E-state index contributed by atoms with van der Waals surface area (Å²) in [6.45, 7) is 2.41. The van der Waals surface area contributed by atoms with E-state index >= 15 is 0 Å². The molecule has 1 N–H and O–H groups in total. The number of imide groups is 1. The Bertz CT molecular complexity index is 830. The number of rotatable bonds is 5. The van der Waals surface area contributed by atoms with Gasteiger partial charge in [0, 0.05) is 0 Å². The van der Waals surface area contributed by atoms with Crippen LogP contribution in [0.15, 0.2) is 53.4 Å². The van der Waals surface area contributed by atoms with Crippen LogP contribution < -0.4 is 4.74 Å². The number of benzene rings is 2. The van der Waals surface area contributed by atoms with Crippen molar-refractivity contribution in [3.63, 3.8) is 0 Å². The van der Waals surface area contributed by atoms with Gasteiger partial charge < -0.3 is 9.84 Å². The molecule has 3 rings (SSSR count). The number of carbonyl (C=O) groups is 2. The zero-order valence-corrected chi connectivity index (χ0v) is 14.5. The number of hydrogen-bond donors (Lipinski definition) is 1. The molecule has 2 amide bonds. The van der Waals surface area contributed by atoms with Gasteiger partial charge in [0.1, 0.15) is 18.1 Å². The Kier molecular flexibility index (Phi) is 5.09. The van der Waals surface area contributed by atoms with Gasteiger partial charge in [-0.15, -0.1) is 0 Å². The molecule has 2 aromatic rings. The smallest absolute Gasteiger partial charge is 0.293 e. The lowest BCUT2D eigenvalue weighted by Crippen LogP contribution is -2.32. The molecule has 1 saturated heterocycles. The van der Waals surface area contributed by atoms with Crippen molar-refractivity contribution in [1.29, 1.82) is 0 Å².